The fraction of sp³-hybridized carbons (Fsp3) is 0.529. The van der Waals surface area contributed by atoms with Gasteiger partial charge in [0.25, 0.3) is 5.91 Å². The number of aliphatic hydroxyl groups is 1. The second-order valence-corrected chi connectivity index (χ2v) is 6.99. The van der Waals surface area contributed by atoms with Gasteiger partial charge >= 0.3 is 0 Å². The first-order valence-corrected chi connectivity index (χ1v) is 9.21. The smallest absolute Gasteiger partial charge is 0.270 e. The Kier molecular flexibility index (Phi) is 5.65. The Bertz CT molecular complexity index is 674. The number of hydrogen-bond donors (Lipinski definition) is 2. The molecule has 1 aliphatic rings. The van der Waals surface area contributed by atoms with Gasteiger partial charge in [-0.2, -0.15) is 0 Å². The molecule has 2 N–H and O–H groups in total. The Morgan fingerprint density at radius 2 is 2.25 bits per heavy atom. The summed E-state index contributed by atoms with van der Waals surface area (Å²) in [5.41, 5.74) is 0.435. The van der Waals surface area contributed by atoms with Gasteiger partial charge in [0.1, 0.15) is 11.5 Å². The fourth-order valence-corrected chi connectivity index (χ4v) is 3.54. The van der Waals surface area contributed by atoms with Crippen molar-refractivity contribution in [2.45, 2.75) is 32.3 Å². The van der Waals surface area contributed by atoms with Crippen LogP contribution in [0.15, 0.2) is 21.9 Å². The van der Waals surface area contributed by atoms with Gasteiger partial charge < -0.3 is 19.7 Å². The Morgan fingerprint density at radius 3 is 2.96 bits per heavy atom. The molecule has 0 saturated carbocycles. The minimum atomic E-state index is -0.144. The number of nitrogens with zero attached hydrogens (tertiary/aromatic N) is 2. The molecule has 3 rings (SSSR count). The lowest BCUT2D eigenvalue weighted by Gasteiger charge is -2.29. The summed E-state index contributed by atoms with van der Waals surface area (Å²) in [6.45, 7) is 5.33. The first-order valence-electron chi connectivity index (χ1n) is 8.33. The number of aryl methyl sites for hydroxylation is 1. The van der Waals surface area contributed by atoms with Crippen LogP contribution in [0, 0.1) is 6.92 Å². The molecule has 0 unspecified atom stereocenters. The average molecular weight is 349 g/mol. The lowest BCUT2D eigenvalue weighted by Crippen LogP contribution is -2.37. The van der Waals surface area contributed by atoms with Gasteiger partial charge in [0.05, 0.1) is 6.10 Å². The highest BCUT2D eigenvalue weighted by atomic mass is 32.1. The van der Waals surface area contributed by atoms with Crippen LogP contribution in [0.5, 0.6) is 0 Å². The highest BCUT2D eigenvalue weighted by Gasteiger charge is 2.17. The van der Waals surface area contributed by atoms with Gasteiger partial charge in [-0.1, -0.05) is 0 Å². The van der Waals surface area contributed by atoms with Gasteiger partial charge in [-0.15, -0.1) is 11.3 Å². The standard InChI is InChI=1S/C17H23N3O3S/c1-12-3-4-15(23-12)17-19-14(11-24-17)16(22)18-7-2-8-20-9-5-13(21)6-10-20/h3-4,11,13,21H,2,5-10H2,1H3,(H,18,22). The molecule has 1 amide bonds. The molecule has 1 fully saturated rings. The molecule has 3 heterocycles. The average Bonchev–Trinajstić information content (AvgIpc) is 3.22. The topological polar surface area (TPSA) is 78.6 Å². The molecule has 1 saturated heterocycles. The largest absolute Gasteiger partial charge is 0.459 e. The second kappa shape index (κ2) is 7.92. The van der Waals surface area contributed by atoms with Crippen molar-refractivity contribution in [2.24, 2.45) is 0 Å². The molecule has 0 aromatic carbocycles. The van der Waals surface area contributed by atoms with Crippen molar-refractivity contribution in [1.82, 2.24) is 15.2 Å². The highest BCUT2D eigenvalue weighted by Crippen LogP contribution is 2.25. The van der Waals surface area contributed by atoms with Crippen LogP contribution < -0.4 is 5.32 Å². The number of likely N-dealkylation sites (tertiary alicyclic amines) is 1. The summed E-state index contributed by atoms with van der Waals surface area (Å²) in [7, 11) is 0. The van der Waals surface area contributed by atoms with Gasteiger partial charge in [0, 0.05) is 25.0 Å². The fourth-order valence-electron chi connectivity index (χ4n) is 2.78. The quantitative estimate of drug-likeness (QED) is 0.782. The SMILES string of the molecule is Cc1ccc(-c2nc(C(=O)NCCCN3CCC(O)CC3)cs2)o1. The zero-order valence-corrected chi connectivity index (χ0v) is 14.6. The van der Waals surface area contributed by atoms with Crippen LogP contribution in [0.4, 0.5) is 0 Å². The molecule has 7 heteroatoms. The minimum absolute atomic E-state index is 0.141. The van der Waals surface area contributed by atoms with Crippen molar-refractivity contribution in [3.05, 3.63) is 29.0 Å². The monoisotopic (exact) mass is 349 g/mol. The summed E-state index contributed by atoms with van der Waals surface area (Å²) in [4.78, 5) is 18.8. The molecule has 0 atom stereocenters. The number of rotatable bonds is 6. The zero-order valence-electron chi connectivity index (χ0n) is 13.8. The molecule has 0 spiro atoms. The summed E-state index contributed by atoms with van der Waals surface area (Å²) in [5, 5.41) is 14.9. The summed E-state index contributed by atoms with van der Waals surface area (Å²) in [6, 6.07) is 3.75. The van der Waals surface area contributed by atoms with Gasteiger partial charge in [0.15, 0.2) is 10.8 Å². The lowest BCUT2D eigenvalue weighted by molar-refractivity contribution is 0.0816. The van der Waals surface area contributed by atoms with Crippen LogP contribution in [0.3, 0.4) is 0 Å². The van der Waals surface area contributed by atoms with Crippen LogP contribution in [0.1, 0.15) is 35.5 Å². The van der Waals surface area contributed by atoms with E-state index in [1.165, 1.54) is 11.3 Å². The predicted molar refractivity (Wildman–Crippen MR) is 93.2 cm³/mol. The van der Waals surface area contributed by atoms with E-state index in [-0.39, 0.29) is 12.0 Å². The Morgan fingerprint density at radius 1 is 1.46 bits per heavy atom. The van der Waals surface area contributed by atoms with Crippen molar-refractivity contribution in [1.29, 1.82) is 0 Å². The number of amides is 1. The van der Waals surface area contributed by atoms with E-state index in [9.17, 15) is 9.90 Å². The first-order chi connectivity index (χ1) is 11.6. The van der Waals surface area contributed by atoms with Crippen molar-refractivity contribution in [2.75, 3.05) is 26.2 Å². The minimum Gasteiger partial charge on any atom is -0.459 e. The molecule has 0 aliphatic carbocycles. The molecule has 6 nitrogen and oxygen atoms in total. The van der Waals surface area contributed by atoms with E-state index in [4.69, 9.17) is 4.42 Å². The molecular formula is C17H23N3O3S. The molecule has 2 aromatic heterocycles. The van der Waals surface area contributed by atoms with Crippen molar-refractivity contribution in [3.8, 4) is 10.8 Å². The third-order valence-electron chi connectivity index (χ3n) is 4.18. The number of aromatic nitrogens is 1. The summed E-state index contributed by atoms with van der Waals surface area (Å²) >= 11 is 1.41. The van der Waals surface area contributed by atoms with E-state index in [2.05, 4.69) is 15.2 Å². The van der Waals surface area contributed by atoms with E-state index < -0.39 is 0 Å². The van der Waals surface area contributed by atoms with E-state index in [1.807, 2.05) is 19.1 Å². The van der Waals surface area contributed by atoms with E-state index in [0.29, 0.717) is 18.0 Å². The lowest BCUT2D eigenvalue weighted by atomic mass is 10.1. The number of piperidine rings is 1. The molecule has 0 bridgehead atoms. The number of thiazole rings is 1. The molecule has 1 aliphatic heterocycles. The second-order valence-electron chi connectivity index (χ2n) is 6.13. The normalized spacial score (nSPS) is 16.4. The van der Waals surface area contributed by atoms with E-state index in [0.717, 1.165) is 49.7 Å². The number of carbonyl (C=O) groups excluding carboxylic acids is 1. The van der Waals surface area contributed by atoms with Crippen LogP contribution in [0.2, 0.25) is 0 Å². The molecule has 0 radical (unpaired) electrons. The maximum absolute atomic E-state index is 12.1. The van der Waals surface area contributed by atoms with Gasteiger partial charge in [-0.25, -0.2) is 4.98 Å². The van der Waals surface area contributed by atoms with Crippen LogP contribution in [-0.4, -0.2) is 53.2 Å². The van der Waals surface area contributed by atoms with Crippen LogP contribution >= 0.6 is 11.3 Å². The maximum Gasteiger partial charge on any atom is 0.270 e. The summed E-state index contributed by atoms with van der Waals surface area (Å²) in [6.07, 6.45) is 2.45. The van der Waals surface area contributed by atoms with Crippen molar-refractivity contribution < 1.29 is 14.3 Å². The van der Waals surface area contributed by atoms with E-state index in [1.54, 1.807) is 5.38 Å². The van der Waals surface area contributed by atoms with Crippen LogP contribution in [0.25, 0.3) is 10.8 Å². The first kappa shape index (κ1) is 17.1. The molecule has 24 heavy (non-hydrogen) atoms. The number of aliphatic hydroxyl groups excluding tert-OH is 1. The summed E-state index contributed by atoms with van der Waals surface area (Å²) < 4.78 is 5.53. The predicted octanol–water partition coefficient (Wildman–Crippen LogP) is 2.29. The highest BCUT2D eigenvalue weighted by molar-refractivity contribution is 7.13. The number of carbonyl (C=O) groups is 1. The number of nitrogens with one attached hydrogen (secondary N) is 1. The molecular weight excluding hydrogens is 326 g/mol. The Labute approximate surface area is 145 Å². The number of furan rings is 1. The number of hydrogen-bond acceptors (Lipinski definition) is 6. The summed E-state index contributed by atoms with van der Waals surface area (Å²) in [5.74, 6) is 1.38. The van der Waals surface area contributed by atoms with Crippen molar-refractivity contribution in [3.63, 3.8) is 0 Å². The van der Waals surface area contributed by atoms with Gasteiger partial charge in [0.2, 0.25) is 0 Å². The maximum atomic E-state index is 12.1. The molecule has 130 valence electrons. The van der Waals surface area contributed by atoms with Crippen LogP contribution in [-0.2, 0) is 0 Å². The Balaban J connectivity index is 1.41. The van der Waals surface area contributed by atoms with Gasteiger partial charge in [-0.05, 0) is 44.9 Å². The zero-order chi connectivity index (χ0) is 16.9. The molecule has 2 aromatic rings. The Hall–Kier alpha value is -1.70. The van der Waals surface area contributed by atoms with Crippen molar-refractivity contribution >= 4 is 17.2 Å². The van der Waals surface area contributed by atoms with E-state index >= 15 is 0 Å². The van der Waals surface area contributed by atoms with Gasteiger partial charge in [-0.3, -0.25) is 4.79 Å². The third kappa shape index (κ3) is 4.43. The third-order valence-corrected chi connectivity index (χ3v) is 5.04.